The van der Waals surface area contributed by atoms with Gasteiger partial charge in [0, 0.05) is 10.0 Å². The number of rotatable bonds is 4. The SMILES string of the molecule is Cc1cc(Cl)cc2sc(NC(=O)c3cccc(C(=O)Nc4nc5c(C)cc(Cl)cc5s4)n3)nc12. The van der Waals surface area contributed by atoms with Gasteiger partial charge in [0.15, 0.2) is 10.3 Å². The molecule has 0 aliphatic heterocycles. The van der Waals surface area contributed by atoms with Crippen molar-refractivity contribution in [3.8, 4) is 0 Å². The average molecular weight is 528 g/mol. The van der Waals surface area contributed by atoms with E-state index in [1.165, 1.54) is 34.8 Å². The number of nitrogens with one attached hydrogen (secondary N) is 2. The molecule has 0 unspecified atom stereocenters. The van der Waals surface area contributed by atoms with Gasteiger partial charge in [-0.15, -0.1) is 0 Å². The van der Waals surface area contributed by atoms with Crippen molar-refractivity contribution >= 4 is 88.4 Å². The number of aromatic nitrogens is 3. The number of pyridine rings is 1. The van der Waals surface area contributed by atoms with E-state index >= 15 is 0 Å². The molecule has 2 aromatic carbocycles. The maximum Gasteiger partial charge on any atom is 0.276 e. The molecule has 2 amide bonds. The summed E-state index contributed by atoms with van der Waals surface area (Å²) in [5.74, 6) is -0.939. The molecule has 5 aromatic rings. The van der Waals surface area contributed by atoms with Crippen molar-refractivity contribution in [2.45, 2.75) is 13.8 Å². The number of anilines is 2. The number of aryl methyl sites for hydroxylation is 2. The largest absolute Gasteiger partial charge is 0.296 e. The summed E-state index contributed by atoms with van der Waals surface area (Å²) < 4.78 is 1.74. The lowest BCUT2D eigenvalue weighted by Crippen LogP contribution is -2.18. The smallest absolute Gasteiger partial charge is 0.276 e. The maximum absolute atomic E-state index is 12.8. The molecule has 7 nitrogen and oxygen atoms in total. The maximum atomic E-state index is 12.8. The van der Waals surface area contributed by atoms with Crippen LogP contribution in [0.25, 0.3) is 20.4 Å². The third kappa shape index (κ3) is 4.47. The van der Waals surface area contributed by atoms with E-state index in [9.17, 15) is 9.59 Å². The van der Waals surface area contributed by atoms with Crippen LogP contribution in [0.15, 0.2) is 42.5 Å². The van der Waals surface area contributed by atoms with Gasteiger partial charge in [-0.25, -0.2) is 15.0 Å². The zero-order valence-corrected chi connectivity index (χ0v) is 20.9. The summed E-state index contributed by atoms with van der Waals surface area (Å²) in [6.07, 6.45) is 0. The molecule has 0 aliphatic carbocycles. The Labute approximate surface area is 211 Å². The lowest BCUT2D eigenvalue weighted by Gasteiger charge is -2.04. The number of benzene rings is 2. The molecule has 3 heterocycles. The van der Waals surface area contributed by atoms with Crippen molar-refractivity contribution in [2.24, 2.45) is 0 Å². The Kier molecular flexibility index (Phi) is 5.95. The van der Waals surface area contributed by atoms with Gasteiger partial charge in [-0.05, 0) is 61.4 Å². The fourth-order valence-electron chi connectivity index (χ4n) is 3.43. The normalized spacial score (nSPS) is 11.2. The highest BCUT2D eigenvalue weighted by Gasteiger charge is 2.17. The van der Waals surface area contributed by atoms with Crippen molar-refractivity contribution < 1.29 is 9.59 Å². The first-order valence-electron chi connectivity index (χ1n) is 10.00. The van der Waals surface area contributed by atoms with Crippen LogP contribution in [0.2, 0.25) is 10.0 Å². The number of carbonyl (C=O) groups is 2. The second kappa shape index (κ2) is 8.92. The standard InChI is InChI=1S/C23H15Cl2N5O2S2/c1-10-6-12(24)8-16-18(10)27-22(33-16)29-20(31)14-4-3-5-15(26-14)21(32)30-23-28-19-11(2)7-13(25)9-17(19)34-23/h3-9H,1-2H3,(H,27,29,31)(H,28,30,32). The van der Waals surface area contributed by atoms with Gasteiger partial charge in [0.25, 0.3) is 11.8 Å². The molecule has 2 N–H and O–H groups in total. The Hall–Kier alpha value is -3.11. The summed E-state index contributed by atoms with van der Waals surface area (Å²) in [4.78, 5) is 38.7. The molecule has 3 aromatic heterocycles. The van der Waals surface area contributed by atoms with E-state index in [1.807, 2.05) is 26.0 Å². The Balaban J connectivity index is 1.35. The van der Waals surface area contributed by atoms with Gasteiger partial charge in [0.05, 0.1) is 20.4 Å². The third-order valence-corrected chi connectivity index (χ3v) is 7.23. The molecule has 0 saturated heterocycles. The highest BCUT2D eigenvalue weighted by molar-refractivity contribution is 7.22. The van der Waals surface area contributed by atoms with Gasteiger partial charge in [-0.1, -0.05) is 51.9 Å². The molecule has 34 heavy (non-hydrogen) atoms. The number of fused-ring (bicyclic) bond motifs is 2. The molecule has 0 fully saturated rings. The quantitative estimate of drug-likeness (QED) is 0.270. The van der Waals surface area contributed by atoms with Crippen molar-refractivity contribution in [1.82, 2.24) is 15.0 Å². The number of nitrogens with zero attached hydrogens (tertiary/aromatic N) is 3. The van der Waals surface area contributed by atoms with Crippen LogP contribution in [-0.2, 0) is 0 Å². The number of carbonyl (C=O) groups excluding carboxylic acids is 2. The van der Waals surface area contributed by atoms with Crippen LogP contribution < -0.4 is 10.6 Å². The fourth-order valence-corrected chi connectivity index (χ4v) is 6.06. The molecule has 0 bridgehead atoms. The molecule has 170 valence electrons. The topological polar surface area (TPSA) is 96.9 Å². The zero-order valence-electron chi connectivity index (χ0n) is 17.8. The van der Waals surface area contributed by atoms with Crippen LogP contribution in [0, 0.1) is 13.8 Å². The van der Waals surface area contributed by atoms with Crippen molar-refractivity contribution in [2.75, 3.05) is 10.6 Å². The molecular formula is C23H15Cl2N5O2S2. The van der Waals surface area contributed by atoms with Gasteiger partial charge in [0.2, 0.25) is 0 Å². The Morgan fingerprint density at radius 1 is 0.735 bits per heavy atom. The van der Waals surface area contributed by atoms with Crippen LogP contribution in [-0.4, -0.2) is 26.8 Å². The number of amides is 2. The lowest BCUT2D eigenvalue weighted by atomic mass is 10.2. The van der Waals surface area contributed by atoms with Crippen LogP contribution in [0.3, 0.4) is 0 Å². The molecule has 0 spiro atoms. The number of thiazole rings is 2. The number of hydrogen-bond donors (Lipinski definition) is 2. The zero-order chi connectivity index (χ0) is 24.0. The predicted octanol–water partition coefficient (Wildman–Crippen LogP) is 6.73. The molecular weight excluding hydrogens is 513 g/mol. The van der Waals surface area contributed by atoms with Crippen LogP contribution >= 0.6 is 45.9 Å². The summed E-state index contributed by atoms with van der Waals surface area (Å²) in [6, 6.07) is 11.9. The van der Waals surface area contributed by atoms with Crippen molar-refractivity contribution in [3.05, 3.63) is 75.0 Å². The first-order valence-corrected chi connectivity index (χ1v) is 12.4. The second-order valence-electron chi connectivity index (χ2n) is 7.49. The van der Waals surface area contributed by atoms with Crippen molar-refractivity contribution in [3.63, 3.8) is 0 Å². The van der Waals surface area contributed by atoms with Gasteiger partial charge < -0.3 is 0 Å². The van der Waals surface area contributed by atoms with E-state index in [-0.39, 0.29) is 11.4 Å². The van der Waals surface area contributed by atoms with E-state index in [0.717, 1.165) is 31.6 Å². The lowest BCUT2D eigenvalue weighted by molar-refractivity contribution is 0.101. The molecule has 0 atom stereocenters. The minimum atomic E-state index is -0.470. The predicted molar refractivity (Wildman–Crippen MR) is 139 cm³/mol. The van der Waals surface area contributed by atoms with Gasteiger partial charge in [-0.3, -0.25) is 20.2 Å². The third-order valence-electron chi connectivity index (χ3n) is 4.96. The Morgan fingerprint density at radius 3 is 1.62 bits per heavy atom. The van der Waals surface area contributed by atoms with Gasteiger partial charge in [-0.2, -0.15) is 0 Å². The molecule has 0 saturated carbocycles. The summed E-state index contributed by atoms with van der Waals surface area (Å²) in [5.41, 5.74) is 3.57. The van der Waals surface area contributed by atoms with Crippen LogP contribution in [0.1, 0.15) is 32.1 Å². The van der Waals surface area contributed by atoms with Gasteiger partial charge in [0.1, 0.15) is 11.4 Å². The molecule has 5 rings (SSSR count). The Bertz CT molecular complexity index is 1500. The van der Waals surface area contributed by atoms with E-state index in [4.69, 9.17) is 23.2 Å². The van der Waals surface area contributed by atoms with Gasteiger partial charge >= 0.3 is 0 Å². The van der Waals surface area contributed by atoms with E-state index < -0.39 is 11.8 Å². The molecule has 11 heteroatoms. The summed E-state index contributed by atoms with van der Waals surface area (Å²) in [7, 11) is 0. The first kappa shape index (κ1) is 22.7. The summed E-state index contributed by atoms with van der Waals surface area (Å²) in [5, 5.41) is 7.56. The number of hydrogen-bond acceptors (Lipinski definition) is 7. The van der Waals surface area contributed by atoms with E-state index in [0.29, 0.717) is 20.3 Å². The average Bonchev–Trinajstić information content (AvgIpc) is 3.37. The van der Waals surface area contributed by atoms with E-state index in [2.05, 4.69) is 25.6 Å². The minimum absolute atomic E-state index is 0.0913. The molecule has 0 aliphatic rings. The fraction of sp³-hybridized carbons (Fsp3) is 0.0870. The molecule has 0 radical (unpaired) electrons. The Morgan fingerprint density at radius 2 is 1.18 bits per heavy atom. The second-order valence-corrected chi connectivity index (χ2v) is 10.4. The first-order chi connectivity index (χ1) is 16.3. The summed E-state index contributed by atoms with van der Waals surface area (Å²) >= 11 is 14.9. The van der Waals surface area contributed by atoms with E-state index in [1.54, 1.807) is 18.2 Å². The highest BCUT2D eigenvalue weighted by atomic mass is 35.5. The highest BCUT2D eigenvalue weighted by Crippen LogP contribution is 2.32. The summed E-state index contributed by atoms with van der Waals surface area (Å²) in [6.45, 7) is 3.81. The number of halogens is 2. The van der Waals surface area contributed by atoms with Crippen molar-refractivity contribution in [1.29, 1.82) is 0 Å². The van der Waals surface area contributed by atoms with Crippen LogP contribution in [0.4, 0.5) is 10.3 Å². The minimum Gasteiger partial charge on any atom is -0.296 e. The van der Waals surface area contributed by atoms with Crippen LogP contribution in [0.5, 0.6) is 0 Å². The monoisotopic (exact) mass is 527 g/mol.